The average molecular weight is 258 g/mol. The Morgan fingerprint density at radius 2 is 2.24 bits per heavy atom. The van der Waals surface area contributed by atoms with Gasteiger partial charge in [0.1, 0.15) is 5.82 Å². The Morgan fingerprint density at radius 1 is 1.53 bits per heavy atom. The molecule has 1 rings (SSSR count). The number of aromatic nitrogens is 1. The van der Waals surface area contributed by atoms with Gasteiger partial charge in [-0.3, -0.25) is 4.72 Å². The molecule has 1 aromatic heterocycles. The second-order valence-corrected chi connectivity index (χ2v) is 5.52. The molecule has 0 spiro atoms. The quantitative estimate of drug-likeness (QED) is 0.769. The zero-order valence-corrected chi connectivity index (χ0v) is 10.9. The minimum Gasteiger partial charge on any atom is -0.330 e. The fraction of sp³-hybridized carbons (Fsp3) is 0.500. The van der Waals surface area contributed by atoms with E-state index < -0.39 is 10.2 Å². The van der Waals surface area contributed by atoms with E-state index in [1.54, 1.807) is 25.3 Å². The fourth-order valence-electron chi connectivity index (χ4n) is 1.23. The molecule has 17 heavy (non-hydrogen) atoms. The van der Waals surface area contributed by atoms with Crippen LogP contribution in [-0.4, -0.2) is 37.8 Å². The number of pyridine rings is 1. The molecular formula is C10H18N4O2S. The van der Waals surface area contributed by atoms with Crippen molar-refractivity contribution in [2.75, 3.05) is 24.9 Å². The van der Waals surface area contributed by atoms with Gasteiger partial charge in [-0.1, -0.05) is 6.07 Å². The zero-order valence-electron chi connectivity index (χ0n) is 10.0. The van der Waals surface area contributed by atoms with Crippen LogP contribution < -0.4 is 10.5 Å². The fourth-order valence-corrected chi connectivity index (χ4v) is 2.21. The third kappa shape index (κ3) is 3.95. The summed E-state index contributed by atoms with van der Waals surface area (Å²) in [7, 11) is -2.03. The maximum absolute atomic E-state index is 11.9. The van der Waals surface area contributed by atoms with Crippen molar-refractivity contribution < 1.29 is 8.42 Å². The highest BCUT2D eigenvalue weighted by Crippen LogP contribution is 2.12. The molecule has 0 saturated heterocycles. The molecule has 0 atom stereocenters. The summed E-state index contributed by atoms with van der Waals surface area (Å²) in [6.07, 6.45) is 2.17. The third-order valence-corrected chi connectivity index (χ3v) is 3.78. The van der Waals surface area contributed by atoms with Gasteiger partial charge in [-0.15, -0.1) is 0 Å². The van der Waals surface area contributed by atoms with Gasteiger partial charge in [-0.05, 0) is 31.5 Å². The summed E-state index contributed by atoms with van der Waals surface area (Å²) >= 11 is 0. The molecule has 0 aliphatic rings. The lowest BCUT2D eigenvalue weighted by Crippen LogP contribution is -2.34. The van der Waals surface area contributed by atoms with Gasteiger partial charge in [0.15, 0.2) is 0 Å². The van der Waals surface area contributed by atoms with Crippen molar-refractivity contribution in [2.24, 2.45) is 5.73 Å². The van der Waals surface area contributed by atoms with Crippen molar-refractivity contribution in [3.63, 3.8) is 0 Å². The van der Waals surface area contributed by atoms with Crippen LogP contribution in [0.2, 0.25) is 0 Å². The lowest BCUT2D eigenvalue weighted by atomic mass is 10.3. The first-order chi connectivity index (χ1) is 7.97. The van der Waals surface area contributed by atoms with Gasteiger partial charge in [0.05, 0.1) is 0 Å². The smallest absolute Gasteiger partial charge is 0.302 e. The second kappa shape index (κ2) is 5.95. The summed E-state index contributed by atoms with van der Waals surface area (Å²) in [5.41, 5.74) is 6.12. The van der Waals surface area contributed by atoms with Crippen LogP contribution >= 0.6 is 0 Å². The zero-order chi connectivity index (χ0) is 12.9. The maximum atomic E-state index is 11.9. The van der Waals surface area contributed by atoms with Crippen LogP contribution in [0.15, 0.2) is 18.3 Å². The highest BCUT2D eigenvalue weighted by atomic mass is 32.2. The normalized spacial score (nSPS) is 11.8. The van der Waals surface area contributed by atoms with Crippen molar-refractivity contribution in [3.05, 3.63) is 23.9 Å². The summed E-state index contributed by atoms with van der Waals surface area (Å²) in [5, 5.41) is 0. The Bertz CT molecular complexity index is 461. The summed E-state index contributed by atoms with van der Waals surface area (Å²) in [6, 6.07) is 3.55. The van der Waals surface area contributed by atoms with Crippen LogP contribution in [0.4, 0.5) is 5.82 Å². The van der Waals surface area contributed by atoms with E-state index in [9.17, 15) is 8.42 Å². The van der Waals surface area contributed by atoms with E-state index in [4.69, 9.17) is 5.73 Å². The first-order valence-electron chi connectivity index (χ1n) is 5.33. The van der Waals surface area contributed by atoms with Crippen molar-refractivity contribution in [1.29, 1.82) is 0 Å². The number of hydrogen-bond donors (Lipinski definition) is 2. The Hall–Kier alpha value is -1.18. The maximum Gasteiger partial charge on any atom is 0.302 e. The van der Waals surface area contributed by atoms with Crippen LogP contribution in [0.1, 0.15) is 12.0 Å². The Balaban J connectivity index is 2.76. The van der Waals surface area contributed by atoms with E-state index in [-0.39, 0.29) is 0 Å². The predicted molar refractivity (Wildman–Crippen MR) is 67.8 cm³/mol. The van der Waals surface area contributed by atoms with Crippen LogP contribution in [0, 0.1) is 6.92 Å². The van der Waals surface area contributed by atoms with Crippen molar-refractivity contribution in [1.82, 2.24) is 9.29 Å². The first kappa shape index (κ1) is 13.9. The molecule has 1 aromatic rings. The number of nitrogens with zero attached hydrogens (tertiary/aromatic N) is 2. The molecule has 0 aliphatic heterocycles. The van der Waals surface area contributed by atoms with Gasteiger partial charge in [0.25, 0.3) is 0 Å². The van der Waals surface area contributed by atoms with Crippen molar-refractivity contribution >= 4 is 16.0 Å². The summed E-state index contributed by atoms with van der Waals surface area (Å²) in [5.74, 6) is 0.354. The number of aryl methyl sites for hydroxylation is 1. The van der Waals surface area contributed by atoms with E-state index in [0.29, 0.717) is 25.3 Å². The molecule has 0 fully saturated rings. The Kier molecular flexibility index (Phi) is 4.86. The minimum absolute atomic E-state index is 0.354. The van der Waals surface area contributed by atoms with Gasteiger partial charge in [0.2, 0.25) is 0 Å². The van der Waals surface area contributed by atoms with Crippen LogP contribution in [0.3, 0.4) is 0 Å². The number of hydrogen-bond acceptors (Lipinski definition) is 4. The molecule has 3 N–H and O–H groups in total. The van der Waals surface area contributed by atoms with Crippen LogP contribution in [0.25, 0.3) is 0 Å². The van der Waals surface area contributed by atoms with Crippen molar-refractivity contribution in [3.8, 4) is 0 Å². The second-order valence-electron chi connectivity index (χ2n) is 3.74. The molecule has 0 amide bonds. The average Bonchev–Trinajstić information content (AvgIpc) is 2.28. The highest BCUT2D eigenvalue weighted by molar-refractivity contribution is 7.90. The molecule has 6 nitrogen and oxygen atoms in total. The first-order valence-corrected chi connectivity index (χ1v) is 6.77. The van der Waals surface area contributed by atoms with E-state index in [1.165, 1.54) is 11.4 Å². The molecule has 0 aliphatic carbocycles. The Morgan fingerprint density at radius 3 is 2.82 bits per heavy atom. The van der Waals surface area contributed by atoms with Crippen LogP contribution in [-0.2, 0) is 10.2 Å². The number of nitrogens with one attached hydrogen (secondary N) is 1. The van der Waals surface area contributed by atoms with E-state index in [2.05, 4.69) is 9.71 Å². The molecule has 96 valence electrons. The van der Waals surface area contributed by atoms with Gasteiger partial charge < -0.3 is 5.73 Å². The molecule has 0 bridgehead atoms. The lowest BCUT2D eigenvalue weighted by Gasteiger charge is -2.18. The molecule has 1 heterocycles. The molecule has 0 saturated carbocycles. The van der Waals surface area contributed by atoms with Gasteiger partial charge >= 0.3 is 10.2 Å². The standard InChI is InChI=1S/C10H18N4O2S/c1-9-5-3-7-12-10(9)13-17(15,16)14(2)8-4-6-11/h3,5,7H,4,6,8,11H2,1-2H3,(H,12,13). The molecule has 7 heteroatoms. The van der Waals surface area contributed by atoms with Crippen molar-refractivity contribution in [2.45, 2.75) is 13.3 Å². The lowest BCUT2D eigenvalue weighted by molar-refractivity contribution is 0.468. The molecule has 0 radical (unpaired) electrons. The van der Waals surface area contributed by atoms with E-state index >= 15 is 0 Å². The minimum atomic E-state index is -3.54. The largest absolute Gasteiger partial charge is 0.330 e. The molecular weight excluding hydrogens is 240 g/mol. The monoisotopic (exact) mass is 258 g/mol. The van der Waals surface area contributed by atoms with Gasteiger partial charge in [0, 0.05) is 19.8 Å². The topological polar surface area (TPSA) is 88.3 Å². The third-order valence-electron chi connectivity index (χ3n) is 2.32. The summed E-state index contributed by atoms with van der Waals surface area (Å²) in [4.78, 5) is 3.98. The Labute approximate surface area is 102 Å². The molecule has 0 unspecified atom stereocenters. The number of rotatable bonds is 6. The molecule has 0 aromatic carbocycles. The van der Waals surface area contributed by atoms with Crippen LogP contribution in [0.5, 0.6) is 0 Å². The SMILES string of the molecule is Cc1cccnc1NS(=O)(=O)N(C)CCCN. The predicted octanol–water partition coefficient (Wildman–Crippen LogP) is 0.327. The van der Waals surface area contributed by atoms with E-state index in [0.717, 1.165) is 5.56 Å². The van der Waals surface area contributed by atoms with E-state index in [1.807, 2.05) is 0 Å². The summed E-state index contributed by atoms with van der Waals surface area (Å²) < 4.78 is 27.5. The van der Waals surface area contributed by atoms with Gasteiger partial charge in [-0.2, -0.15) is 12.7 Å². The highest BCUT2D eigenvalue weighted by Gasteiger charge is 2.18. The summed E-state index contributed by atoms with van der Waals surface area (Å²) in [6.45, 7) is 2.64. The number of nitrogens with two attached hydrogens (primary N) is 1. The van der Waals surface area contributed by atoms with Gasteiger partial charge in [-0.25, -0.2) is 4.98 Å². The number of anilines is 1.